The van der Waals surface area contributed by atoms with Crippen LogP contribution in [0.5, 0.6) is 0 Å². The van der Waals surface area contributed by atoms with E-state index in [2.05, 4.69) is 10.6 Å². The first-order chi connectivity index (χ1) is 11.9. The Hall–Kier alpha value is -2.21. The highest BCUT2D eigenvalue weighted by Gasteiger charge is 2.09. The van der Waals surface area contributed by atoms with Gasteiger partial charge in [0.15, 0.2) is 5.78 Å². The Morgan fingerprint density at radius 1 is 1.04 bits per heavy atom. The highest BCUT2D eigenvalue weighted by molar-refractivity contribution is 5.92. The van der Waals surface area contributed by atoms with Crippen LogP contribution in [0.15, 0.2) is 24.3 Å². The second-order valence-electron chi connectivity index (χ2n) is 6.21. The molecule has 2 amide bonds. The molecule has 0 aliphatic carbocycles. The zero-order valence-electron chi connectivity index (χ0n) is 15.3. The number of hydrogen-bond donors (Lipinski definition) is 2. The van der Waals surface area contributed by atoms with Gasteiger partial charge in [0.05, 0.1) is 0 Å². The van der Waals surface area contributed by atoms with Crippen LogP contribution in [-0.4, -0.2) is 37.4 Å². The fourth-order valence-electron chi connectivity index (χ4n) is 1.97. The molecule has 0 aromatic heterocycles. The van der Waals surface area contributed by atoms with Gasteiger partial charge in [-0.05, 0) is 30.5 Å². The number of ether oxygens (including phenoxy) is 1. The highest BCUT2D eigenvalue weighted by Crippen LogP contribution is 2.11. The van der Waals surface area contributed by atoms with Gasteiger partial charge < -0.3 is 15.4 Å². The average Bonchev–Trinajstić information content (AvgIpc) is 2.59. The molecule has 0 bridgehead atoms. The summed E-state index contributed by atoms with van der Waals surface area (Å²) in [6.07, 6.45) is 2.03. The Morgan fingerprint density at radius 3 is 2.32 bits per heavy atom. The number of Topliss-reactive ketones (excluding diaryl/α,β-unsaturated/α-hetero) is 1. The van der Waals surface area contributed by atoms with E-state index in [1.807, 2.05) is 19.1 Å². The summed E-state index contributed by atoms with van der Waals surface area (Å²) in [4.78, 5) is 34.7. The number of aryl methyl sites for hydroxylation is 1. The molecular weight excluding hydrogens is 320 g/mol. The Bertz CT molecular complexity index is 567. The lowest BCUT2D eigenvalue weighted by Gasteiger charge is -2.08. The lowest BCUT2D eigenvalue weighted by Crippen LogP contribution is -2.24. The van der Waals surface area contributed by atoms with Crippen LogP contribution >= 0.6 is 0 Å². The molecule has 0 saturated carbocycles. The van der Waals surface area contributed by atoms with Crippen LogP contribution in [0.2, 0.25) is 0 Å². The van der Waals surface area contributed by atoms with Gasteiger partial charge in [-0.3, -0.25) is 14.4 Å². The van der Waals surface area contributed by atoms with Crippen LogP contribution in [-0.2, 0) is 25.5 Å². The molecule has 6 nitrogen and oxygen atoms in total. The van der Waals surface area contributed by atoms with Gasteiger partial charge in [-0.15, -0.1) is 0 Å². The molecule has 0 aliphatic rings. The van der Waals surface area contributed by atoms with Gasteiger partial charge in [0, 0.05) is 24.6 Å². The molecule has 0 unspecified atom stereocenters. The van der Waals surface area contributed by atoms with Crippen molar-refractivity contribution in [2.75, 3.05) is 25.1 Å². The van der Waals surface area contributed by atoms with Crippen molar-refractivity contribution in [1.29, 1.82) is 0 Å². The Balaban J connectivity index is 2.32. The molecule has 1 rings (SSSR count). The van der Waals surface area contributed by atoms with Gasteiger partial charge in [-0.1, -0.05) is 32.9 Å². The quantitative estimate of drug-likeness (QED) is 0.643. The molecule has 138 valence electrons. The Labute approximate surface area is 149 Å². The number of anilines is 1. The number of amides is 2. The minimum atomic E-state index is -0.303. The Morgan fingerprint density at radius 2 is 1.72 bits per heavy atom. The number of ketones is 1. The summed E-state index contributed by atoms with van der Waals surface area (Å²) in [5.41, 5.74) is 1.69. The van der Waals surface area contributed by atoms with Gasteiger partial charge in [0.25, 0.3) is 0 Å². The molecule has 0 heterocycles. The van der Waals surface area contributed by atoms with Crippen LogP contribution < -0.4 is 10.6 Å². The van der Waals surface area contributed by atoms with E-state index in [9.17, 15) is 14.4 Å². The smallest absolute Gasteiger partial charge is 0.250 e. The number of carbonyl (C=O) groups excluding carboxylic acids is 3. The predicted molar refractivity (Wildman–Crippen MR) is 97.4 cm³/mol. The molecule has 2 N–H and O–H groups in total. The summed E-state index contributed by atoms with van der Waals surface area (Å²) in [6, 6.07) is 7.34. The maximum atomic E-state index is 11.8. The first kappa shape index (κ1) is 20.8. The van der Waals surface area contributed by atoms with E-state index in [1.165, 1.54) is 0 Å². The van der Waals surface area contributed by atoms with Crippen molar-refractivity contribution in [1.82, 2.24) is 5.32 Å². The van der Waals surface area contributed by atoms with Crippen molar-refractivity contribution in [3.05, 3.63) is 29.8 Å². The van der Waals surface area contributed by atoms with Gasteiger partial charge in [0.1, 0.15) is 13.2 Å². The summed E-state index contributed by atoms with van der Waals surface area (Å²) in [5.74, 6) is -0.379. The minimum Gasteiger partial charge on any atom is -0.364 e. The van der Waals surface area contributed by atoms with E-state index >= 15 is 0 Å². The van der Waals surface area contributed by atoms with E-state index in [4.69, 9.17) is 4.74 Å². The second kappa shape index (κ2) is 11.4. The normalized spacial score (nSPS) is 10.6. The topological polar surface area (TPSA) is 84.5 Å². The number of hydrogen-bond acceptors (Lipinski definition) is 4. The predicted octanol–water partition coefficient (Wildman–Crippen LogP) is 2.33. The molecule has 0 aliphatic heterocycles. The summed E-state index contributed by atoms with van der Waals surface area (Å²) in [7, 11) is 0. The molecule has 0 spiro atoms. The first-order valence-corrected chi connectivity index (χ1v) is 8.68. The number of benzene rings is 1. The molecule has 0 fully saturated rings. The van der Waals surface area contributed by atoms with E-state index in [0.717, 1.165) is 12.0 Å². The molecule has 25 heavy (non-hydrogen) atoms. The number of nitrogens with one attached hydrogen (secondary N) is 2. The number of rotatable bonds is 11. The van der Waals surface area contributed by atoms with Crippen LogP contribution in [0.4, 0.5) is 5.69 Å². The monoisotopic (exact) mass is 348 g/mol. The van der Waals surface area contributed by atoms with Crippen molar-refractivity contribution in [2.45, 2.75) is 40.0 Å². The molecule has 0 atom stereocenters. The van der Waals surface area contributed by atoms with Crippen LogP contribution in [0.3, 0.4) is 0 Å². The van der Waals surface area contributed by atoms with Gasteiger partial charge in [-0.25, -0.2) is 0 Å². The summed E-state index contributed by atoms with van der Waals surface area (Å²) in [6.45, 7) is 6.10. The van der Waals surface area contributed by atoms with E-state index in [-0.39, 0.29) is 36.7 Å². The Kier molecular flexibility index (Phi) is 9.47. The fourth-order valence-corrected chi connectivity index (χ4v) is 1.97. The summed E-state index contributed by atoms with van der Waals surface area (Å²) < 4.78 is 5.11. The lowest BCUT2D eigenvalue weighted by atomic mass is 10.1. The average molecular weight is 348 g/mol. The zero-order chi connectivity index (χ0) is 18.7. The summed E-state index contributed by atoms with van der Waals surface area (Å²) >= 11 is 0. The van der Waals surface area contributed by atoms with E-state index in [0.29, 0.717) is 25.1 Å². The highest BCUT2D eigenvalue weighted by atomic mass is 16.5. The van der Waals surface area contributed by atoms with E-state index in [1.54, 1.807) is 26.0 Å². The minimum absolute atomic E-state index is 0.0277. The van der Waals surface area contributed by atoms with Crippen molar-refractivity contribution in [3.63, 3.8) is 0 Å². The summed E-state index contributed by atoms with van der Waals surface area (Å²) in [5, 5.41) is 5.55. The maximum Gasteiger partial charge on any atom is 0.250 e. The van der Waals surface area contributed by atoms with Crippen molar-refractivity contribution < 1.29 is 19.1 Å². The van der Waals surface area contributed by atoms with Gasteiger partial charge in [0.2, 0.25) is 11.8 Å². The molecule has 6 heteroatoms. The molecular formula is C19H28N2O4. The standard InChI is InChI=1S/C19H28N2O4/c1-4-11-20-18(23)10-7-15-5-8-16(9-6-15)21-19(24)13-25-12-17(22)14(2)3/h5-6,8-9,14H,4,7,10-13H2,1-3H3,(H,20,23)(H,21,24). The molecule has 0 radical (unpaired) electrons. The molecule has 0 saturated heterocycles. The van der Waals surface area contributed by atoms with Gasteiger partial charge >= 0.3 is 0 Å². The number of carbonyl (C=O) groups is 3. The lowest BCUT2D eigenvalue weighted by molar-refractivity contribution is -0.129. The third-order valence-electron chi connectivity index (χ3n) is 3.57. The van der Waals surface area contributed by atoms with Crippen molar-refractivity contribution >= 4 is 23.3 Å². The second-order valence-corrected chi connectivity index (χ2v) is 6.21. The SMILES string of the molecule is CCCNC(=O)CCc1ccc(NC(=O)COCC(=O)C(C)C)cc1. The van der Waals surface area contributed by atoms with Crippen LogP contribution in [0.1, 0.15) is 39.2 Å². The van der Waals surface area contributed by atoms with Crippen molar-refractivity contribution in [2.24, 2.45) is 5.92 Å². The van der Waals surface area contributed by atoms with Gasteiger partial charge in [-0.2, -0.15) is 0 Å². The van der Waals surface area contributed by atoms with E-state index < -0.39 is 0 Å². The fraction of sp³-hybridized carbons (Fsp3) is 0.526. The third-order valence-corrected chi connectivity index (χ3v) is 3.57. The third kappa shape index (κ3) is 9.00. The zero-order valence-corrected chi connectivity index (χ0v) is 15.3. The van der Waals surface area contributed by atoms with Crippen LogP contribution in [0, 0.1) is 5.92 Å². The first-order valence-electron chi connectivity index (χ1n) is 8.68. The van der Waals surface area contributed by atoms with Crippen molar-refractivity contribution in [3.8, 4) is 0 Å². The molecule has 1 aromatic rings. The van der Waals surface area contributed by atoms with Crippen LogP contribution in [0.25, 0.3) is 0 Å². The molecule has 1 aromatic carbocycles. The largest absolute Gasteiger partial charge is 0.364 e. The maximum absolute atomic E-state index is 11.8.